The van der Waals surface area contributed by atoms with E-state index in [0.29, 0.717) is 50.4 Å². The molecule has 0 saturated carbocycles. The zero-order chi connectivity index (χ0) is 43.1. The molecule has 2 aliphatic heterocycles. The van der Waals surface area contributed by atoms with E-state index in [1.54, 1.807) is 9.80 Å². The van der Waals surface area contributed by atoms with Gasteiger partial charge in [0.05, 0.1) is 0 Å². The van der Waals surface area contributed by atoms with Gasteiger partial charge < -0.3 is 47.4 Å². The molecule has 59 heavy (non-hydrogen) atoms. The van der Waals surface area contributed by atoms with Crippen molar-refractivity contribution in [1.29, 1.82) is 0 Å². The highest BCUT2D eigenvalue weighted by Crippen LogP contribution is 2.29. The summed E-state index contributed by atoms with van der Waals surface area (Å²) in [6.45, 7) is 13.8. The van der Waals surface area contributed by atoms with Gasteiger partial charge in [-0.25, -0.2) is 0 Å². The Morgan fingerprint density at radius 2 is 1.02 bits per heavy atom. The number of para-hydroxylation sites is 1. The Hall–Kier alpha value is -5.28. The minimum absolute atomic E-state index is 0.0456. The maximum atomic E-state index is 13.6. The molecule has 13 nitrogen and oxygen atoms in total. The van der Waals surface area contributed by atoms with Crippen LogP contribution in [-0.2, 0) is 32.3 Å². The summed E-state index contributed by atoms with van der Waals surface area (Å²) in [6, 6.07) is 23.1. The van der Waals surface area contributed by atoms with Crippen LogP contribution in [0.4, 0.5) is 17.1 Å². The van der Waals surface area contributed by atoms with Crippen molar-refractivity contribution in [2.24, 2.45) is 22.3 Å². The summed E-state index contributed by atoms with van der Waals surface area (Å²) in [4.78, 5) is 59.8. The smallest absolute Gasteiger partial charge is 0.247 e. The van der Waals surface area contributed by atoms with Crippen LogP contribution in [0, 0.1) is 10.8 Å². The molecule has 0 unspecified atom stereocenters. The topological polar surface area (TPSA) is 178 Å². The summed E-state index contributed by atoms with van der Waals surface area (Å²) in [7, 11) is 0. The van der Waals surface area contributed by atoms with E-state index in [4.69, 9.17) is 35.9 Å². The van der Waals surface area contributed by atoms with Crippen LogP contribution in [0.1, 0.15) is 78.4 Å². The van der Waals surface area contributed by atoms with Gasteiger partial charge in [-0.2, -0.15) is 0 Å². The third-order valence-corrected chi connectivity index (χ3v) is 11.0. The molecular weight excluding hydrogens is 783 g/mol. The number of hydrogen-bond acceptors (Lipinski definition) is 7. The first kappa shape index (κ1) is 44.8. The Balaban J connectivity index is 1.22. The average Bonchev–Trinajstić information content (AvgIpc) is 3.88. The second-order valence-corrected chi connectivity index (χ2v) is 18.4. The summed E-state index contributed by atoms with van der Waals surface area (Å²) in [5, 5.41) is 12.0. The predicted octanol–water partition coefficient (Wildman–Crippen LogP) is 5.25. The fourth-order valence-corrected chi connectivity index (χ4v) is 7.91. The quantitative estimate of drug-likeness (QED) is 0.124. The zero-order valence-corrected chi connectivity index (χ0v) is 36.6. The van der Waals surface area contributed by atoms with Crippen molar-refractivity contribution in [2.45, 2.75) is 104 Å². The lowest BCUT2D eigenvalue weighted by atomic mass is 9.85. The van der Waals surface area contributed by atoms with Gasteiger partial charge in [0.2, 0.25) is 23.6 Å². The van der Waals surface area contributed by atoms with Gasteiger partial charge in [0.15, 0.2) is 10.2 Å². The van der Waals surface area contributed by atoms with Crippen molar-refractivity contribution in [3.8, 4) is 0 Å². The first-order valence-electron chi connectivity index (χ1n) is 20.1. The van der Waals surface area contributed by atoms with E-state index in [1.807, 2.05) is 108 Å². The standard InChI is InChI=1S/C44H59N9O4S2/c1-43(2,3)35(49-41(45)58)39(56)52-24-10-14-33(52)37(54)47-30-20-16-28(17-21-30)26-51(32-12-8-7-9-13-32)27-29-18-22-31(23-19-29)48-38(55)34-15-11-25-53(34)40(57)36(44(4,5)6)50-42(46)59/h7-9,12-13,16-23,33-36H,10-11,14-15,24-27H2,1-6H3,(H,47,54)(H,48,55)(H3,45,49,58)(H3,46,50,59)/t33-,34-,35+,36+/m0/s1. The Labute approximate surface area is 359 Å². The Morgan fingerprint density at radius 3 is 1.36 bits per heavy atom. The van der Waals surface area contributed by atoms with Crippen molar-refractivity contribution >= 4 is 75.4 Å². The van der Waals surface area contributed by atoms with Gasteiger partial charge in [-0.3, -0.25) is 19.2 Å². The van der Waals surface area contributed by atoms with Crippen molar-refractivity contribution in [3.63, 3.8) is 0 Å². The Kier molecular flexibility index (Phi) is 14.6. The maximum Gasteiger partial charge on any atom is 0.247 e. The number of nitrogens with two attached hydrogens (primary N) is 2. The molecule has 2 aliphatic rings. The van der Waals surface area contributed by atoms with Crippen LogP contribution < -0.4 is 37.6 Å². The maximum absolute atomic E-state index is 13.6. The number of benzene rings is 3. The van der Waals surface area contributed by atoms with E-state index in [0.717, 1.165) is 29.7 Å². The molecular formula is C44H59N9O4S2. The normalized spacial score (nSPS) is 17.7. The second kappa shape index (κ2) is 19.2. The fraction of sp³-hybridized carbons (Fsp3) is 0.455. The highest BCUT2D eigenvalue weighted by Gasteiger charge is 2.43. The highest BCUT2D eigenvalue weighted by molar-refractivity contribution is 7.80. The fourth-order valence-electron chi connectivity index (χ4n) is 7.68. The molecule has 4 amide bonds. The molecule has 2 fully saturated rings. The number of nitrogens with one attached hydrogen (secondary N) is 4. The van der Waals surface area contributed by atoms with E-state index >= 15 is 0 Å². The van der Waals surface area contributed by atoms with Gasteiger partial charge in [-0.05, 0) is 108 Å². The lowest BCUT2D eigenvalue weighted by Gasteiger charge is -2.35. The van der Waals surface area contributed by atoms with Crippen LogP contribution >= 0.6 is 24.4 Å². The Bertz CT molecular complexity index is 1860. The van der Waals surface area contributed by atoms with E-state index in [2.05, 4.69) is 38.3 Å². The Morgan fingerprint density at radius 1 is 0.644 bits per heavy atom. The number of likely N-dealkylation sites (tertiary alicyclic amines) is 2. The third-order valence-electron chi connectivity index (χ3n) is 10.8. The highest BCUT2D eigenvalue weighted by atomic mass is 32.1. The average molecular weight is 842 g/mol. The van der Waals surface area contributed by atoms with Gasteiger partial charge in [0.1, 0.15) is 24.2 Å². The second-order valence-electron chi connectivity index (χ2n) is 17.6. The minimum atomic E-state index is -0.655. The molecule has 3 aromatic carbocycles. The number of amides is 4. The van der Waals surface area contributed by atoms with Crippen molar-refractivity contribution in [2.75, 3.05) is 28.6 Å². The molecule has 316 valence electrons. The number of nitrogens with zero attached hydrogens (tertiary/aromatic N) is 3. The van der Waals surface area contributed by atoms with Gasteiger partial charge >= 0.3 is 0 Å². The molecule has 15 heteroatoms. The molecule has 0 aromatic heterocycles. The molecule has 2 heterocycles. The summed E-state index contributed by atoms with van der Waals surface area (Å²) in [6.07, 6.45) is 2.59. The van der Waals surface area contributed by atoms with Crippen LogP contribution in [0.5, 0.6) is 0 Å². The summed E-state index contributed by atoms with van der Waals surface area (Å²) in [5.74, 6) is -0.851. The van der Waals surface area contributed by atoms with Crippen LogP contribution in [0.15, 0.2) is 78.9 Å². The summed E-state index contributed by atoms with van der Waals surface area (Å²) < 4.78 is 0. The lowest BCUT2D eigenvalue weighted by Crippen LogP contribution is -2.58. The van der Waals surface area contributed by atoms with Crippen LogP contribution in [0.25, 0.3) is 0 Å². The first-order valence-corrected chi connectivity index (χ1v) is 21.0. The van der Waals surface area contributed by atoms with Gasteiger partial charge in [0.25, 0.3) is 0 Å². The predicted molar refractivity (Wildman–Crippen MR) is 242 cm³/mol. The van der Waals surface area contributed by atoms with Gasteiger partial charge in [-0.1, -0.05) is 84.0 Å². The summed E-state index contributed by atoms with van der Waals surface area (Å²) >= 11 is 10.1. The molecule has 5 rings (SSSR count). The van der Waals surface area contributed by atoms with E-state index in [-0.39, 0.29) is 33.9 Å². The van der Waals surface area contributed by atoms with Gasteiger partial charge in [0, 0.05) is 43.2 Å². The molecule has 0 radical (unpaired) electrons. The number of hydrogen-bond donors (Lipinski definition) is 6. The largest absolute Gasteiger partial charge is 0.376 e. The van der Waals surface area contributed by atoms with Crippen molar-refractivity contribution in [1.82, 2.24) is 20.4 Å². The molecule has 2 saturated heterocycles. The van der Waals surface area contributed by atoms with E-state index < -0.39 is 35.0 Å². The van der Waals surface area contributed by atoms with E-state index in [1.165, 1.54) is 0 Å². The molecule has 8 N–H and O–H groups in total. The molecule has 0 bridgehead atoms. The summed E-state index contributed by atoms with van der Waals surface area (Å²) in [5.41, 5.74) is 15.0. The number of carbonyl (C=O) groups excluding carboxylic acids is 4. The van der Waals surface area contributed by atoms with Gasteiger partial charge in [-0.15, -0.1) is 0 Å². The zero-order valence-electron chi connectivity index (χ0n) is 34.9. The molecule has 4 atom stereocenters. The number of thiocarbonyl (C=S) groups is 2. The SMILES string of the molecule is CC(C)(C)[C@H](NC(N)=S)C(=O)N1CCC[C@H]1C(=O)Nc1ccc(CN(Cc2ccc(NC(=O)[C@@H]3CCCN3C(=O)[C@@H](NC(N)=S)C(C)(C)C)cc2)c2ccccc2)cc1. The number of rotatable bonds is 13. The molecule has 3 aromatic rings. The first-order chi connectivity index (χ1) is 27.8. The van der Waals surface area contributed by atoms with Crippen LogP contribution in [0.2, 0.25) is 0 Å². The molecule has 0 aliphatic carbocycles. The third kappa shape index (κ3) is 11.9. The number of carbonyl (C=O) groups is 4. The minimum Gasteiger partial charge on any atom is -0.376 e. The van der Waals surface area contributed by atoms with Crippen molar-refractivity contribution in [3.05, 3.63) is 90.0 Å². The van der Waals surface area contributed by atoms with Crippen LogP contribution in [-0.4, -0.2) is 80.9 Å². The lowest BCUT2D eigenvalue weighted by molar-refractivity contribution is -0.140. The molecule has 0 spiro atoms. The van der Waals surface area contributed by atoms with Crippen LogP contribution in [0.3, 0.4) is 0 Å². The number of anilines is 3. The van der Waals surface area contributed by atoms with Crippen molar-refractivity contribution < 1.29 is 19.2 Å². The monoisotopic (exact) mass is 841 g/mol. The van der Waals surface area contributed by atoms with E-state index in [9.17, 15) is 19.2 Å².